The zero-order chi connectivity index (χ0) is 13.4. The van der Waals surface area contributed by atoms with Crippen molar-refractivity contribution >= 4 is 5.69 Å². The van der Waals surface area contributed by atoms with Crippen LogP contribution in [0.25, 0.3) is 4.98 Å². The maximum atomic E-state index is 10.1. The van der Waals surface area contributed by atoms with Gasteiger partial charge in [0.2, 0.25) is 11.1 Å². The van der Waals surface area contributed by atoms with Gasteiger partial charge in [0.25, 0.3) is 0 Å². The first-order valence-electron chi connectivity index (χ1n) is 5.80. The Morgan fingerprint density at radius 2 is 1.53 bits per heavy atom. The van der Waals surface area contributed by atoms with Crippen molar-refractivity contribution in [2.75, 3.05) is 0 Å². The van der Waals surface area contributed by atoms with Crippen LogP contribution in [0.3, 0.4) is 0 Å². The van der Waals surface area contributed by atoms with E-state index >= 15 is 0 Å². The summed E-state index contributed by atoms with van der Waals surface area (Å²) in [7, 11) is 0. The molecule has 3 nitrogen and oxygen atoms in total. The maximum absolute atomic E-state index is 10.1. The second-order valence-corrected chi connectivity index (χ2v) is 6.49. The molecule has 0 aliphatic rings. The molecular formula is C14H21N2O+. The number of hydrogen-bond donors (Lipinski definition) is 1. The van der Waals surface area contributed by atoms with Crippen molar-refractivity contribution in [1.29, 1.82) is 5.39 Å². The number of phenolic OH excluding ortho intramolecular Hbond substituents is 1. The van der Waals surface area contributed by atoms with Gasteiger partial charge in [-0.15, -0.1) is 0 Å². The Morgan fingerprint density at radius 3 is 1.88 bits per heavy atom. The van der Waals surface area contributed by atoms with Crippen LogP contribution in [0.5, 0.6) is 5.75 Å². The zero-order valence-corrected chi connectivity index (χ0v) is 11.5. The summed E-state index contributed by atoms with van der Waals surface area (Å²) in [5.74, 6) is 0.0630. The van der Waals surface area contributed by atoms with Gasteiger partial charge in [-0.25, -0.2) is 0 Å². The van der Waals surface area contributed by atoms with Gasteiger partial charge in [-0.1, -0.05) is 47.6 Å². The van der Waals surface area contributed by atoms with Gasteiger partial charge in [0.1, 0.15) is 0 Å². The minimum atomic E-state index is -0.190. The van der Waals surface area contributed by atoms with Crippen molar-refractivity contribution in [3.8, 4) is 5.75 Å². The quantitative estimate of drug-likeness (QED) is 0.672. The topological polar surface area (TPSA) is 48.4 Å². The Hall–Kier alpha value is -1.56. The standard InChI is InChI=1S/C14H20N2O/c1-13(2,3)9-7-10(14(4,5)6)12(17)11(8-9)16-15/h7-8H,1-6H3/p+1. The third-order valence-electron chi connectivity index (χ3n) is 2.87. The van der Waals surface area contributed by atoms with Crippen LogP contribution >= 0.6 is 0 Å². The SMILES string of the molecule is CC(C)(C)c1cc([N+]#N)c(O)c(C(C)(C)C)c1. The first kappa shape index (κ1) is 13.5. The largest absolute Gasteiger partial charge is 0.501 e. The summed E-state index contributed by atoms with van der Waals surface area (Å²) in [6.45, 7) is 12.3. The molecule has 0 heterocycles. The van der Waals surface area contributed by atoms with E-state index in [1.165, 1.54) is 0 Å². The third kappa shape index (κ3) is 2.76. The molecule has 1 rings (SSSR count). The molecule has 0 spiro atoms. The van der Waals surface area contributed by atoms with Gasteiger partial charge in [0.15, 0.2) is 4.98 Å². The number of diazo groups is 1. The molecule has 0 fully saturated rings. The number of rotatable bonds is 0. The lowest BCUT2D eigenvalue weighted by Gasteiger charge is -2.24. The fourth-order valence-electron chi connectivity index (χ4n) is 1.70. The van der Waals surface area contributed by atoms with Gasteiger partial charge in [0, 0.05) is 11.6 Å². The molecule has 92 valence electrons. The normalized spacial score (nSPS) is 12.3. The lowest BCUT2D eigenvalue weighted by atomic mass is 9.80. The third-order valence-corrected chi connectivity index (χ3v) is 2.87. The van der Waals surface area contributed by atoms with E-state index in [1.807, 2.05) is 26.8 Å². The molecule has 17 heavy (non-hydrogen) atoms. The molecular weight excluding hydrogens is 212 g/mol. The lowest BCUT2D eigenvalue weighted by Crippen LogP contribution is -2.16. The highest BCUT2D eigenvalue weighted by Gasteiger charge is 2.29. The molecule has 3 heteroatoms. The van der Waals surface area contributed by atoms with Crippen LogP contribution < -0.4 is 0 Å². The smallest absolute Gasteiger partial charge is 0.426 e. The van der Waals surface area contributed by atoms with E-state index < -0.39 is 0 Å². The summed E-state index contributed by atoms with van der Waals surface area (Å²) in [4.78, 5) is 3.17. The number of phenols is 1. The molecule has 1 aromatic rings. The zero-order valence-electron chi connectivity index (χ0n) is 11.5. The van der Waals surface area contributed by atoms with Crippen molar-refractivity contribution in [2.45, 2.75) is 52.4 Å². The van der Waals surface area contributed by atoms with Crippen molar-refractivity contribution in [3.05, 3.63) is 28.2 Å². The first-order valence-corrected chi connectivity index (χ1v) is 5.80. The van der Waals surface area contributed by atoms with Crippen LogP contribution in [0.15, 0.2) is 12.1 Å². The summed E-state index contributed by atoms with van der Waals surface area (Å²) >= 11 is 0. The van der Waals surface area contributed by atoms with E-state index in [4.69, 9.17) is 5.39 Å². The average Bonchev–Trinajstić information content (AvgIpc) is 2.14. The van der Waals surface area contributed by atoms with Gasteiger partial charge in [-0.05, 0) is 16.4 Å². The Balaban J connectivity index is 3.58. The Labute approximate surface area is 103 Å². The number of nitrogens with zero attached hydrogens (tertiary/aromatic N) is 2. The van der Waals surface area contributed by atoms with E-state index in [9.17, 15) is 5.11 Å². The predicted molar refractivity (Wildman–Crippen MR) is 70.3 cm³/mol. The number of benzene rings is 1. The van der Waals surface area contributed by atoms with E-state index in [1.54, 1.807) is 6.07 Å². The molecule has 0 bridgehead atoms. The molecule has 0 aliphatic heterocycles. The predicted octanol–water partition coefficient (Wildman–Crippen LogP) is 4.47. The summed E-state index contributed by atoms with van der Waals surface area (Å²) < 4.78 is 0. The fourth-order valence-corrected chi connectivity index (χ4v) is 1.70. The second kappa shape index (κ2) is 4.03. The molecule has 0 saturated carbocycles. The summed E-state index contributed by atoms with van der Waals surface area (Å²) in [5, 5.41) is 19.0. The van der Waals surface area contributed by atoms with Crippen LogP contribution in [-0.4, -0.2) is 5.11 Å². The van der Waals surface area contributed by atoms with E-state index in [2.05, 4.69) is 25.7 Å². The highest BCUT2D eigenvalue weighted by atomic mass is 16.3. The van der Waals surface area contributed by atoms with E-state index in [0.717, 1.165) is 11.1 Å². The van der Waals surface area contributed by atoms with Gasteiger partial charge in [-0.2, -0.15) is 0 Å². The highest BCUT2D eigenvalue weighted by molar-refractivity contribution is 5.63. The van der Waals surface area contributed by atoms with Gasteiger partial charge < -0.3 is 5.11 Å². The van der Waals surface area contributed by atoms with Crippen LogP contribution in [-0.2, 0) is 10.8 Å². The van der Waals surface area contributed by atoms with Crippen molar-refractivity contribution in [3.63, 3.8) is 0 Å². The molecule has 0 saturated heterocycles. The molecule has 0 aromatic heterocycles. The molecule has 1 N–H and O–H groups in total. The van der Waals surface area contributed by atoms with Crippen molar-refractivity contribution in [2.24, 2.45) is 0 Å². The maximum Gasteiger partial charge on any atom is 0.426 e. The molecule has 0 unspecified atom stereocenters. The monoisotopic (exact) mass is 233 g/mol. The second-order valence-electron chi connectivity index (χ2n) is 6.49. The highest BCUT2D eigenvalue weighted by Crippen LogP contribution is 2.41. The van der Waals surface area contributed by atoms with Gasteiger partial charge in [0.05, 0.1) is 0 Å². The summed E-state index contributed by atoms with van der Waals surface area (Å²) in [5.41, 5.74) is 1.85. The minimum absolute atomic E-state index is 0.0485. The molecule has 0 aliphatic carbocycles. The minimum Gasteiger partial charge on any atom is -0.501 e. The number of hydrogen-bond acceptors (Lipinski definition) is 2. The molecule has 0 radical (unpaired) electrons. The van der Waals surface area contributed by atoms with Crippen LogP contribution in [0.4, 0.5) is 5.69 Å². The Morgan fingerprint density at radius 1 is 1.00 bits per heavy atom. The molecule has 0 amide bonds. The summed E-state index contributed by atoms with van der Waals surface area (Å²) in [6.07, 6.45) is 0. The molecule has 0 atom stereocenters. The average molecular weight is 233 g/mol. The summed E-state index contributed by atoms with van der Waals surface area (Å²) in [6, 6.07) is 3.72. The fraction of sp³-hybridized carbons (Fsp3) is 0.571. The number of aromatic hydroxyl groups is 1. The van der Waals surface area contributed by atoms with Gasteiger partial charge in [-0.3, -0.25) is 0 Å². The van der Waals surface area contributed by atoms with Crippen molar-refractivity contribution < 1.29 is 5.11 Å². The molecule has 1 aromatic carbocycles. The van der Waals surface area contributed by atoms with Crippen molar-refractivity contribution in [1.82, 2.24) is 0 Å². The van der Waals surface area contributed by atoms with Crippen LogP contribution in [0.2, 0.25) is 0 Å². The lowest BCUT2D eigenvalue weighted by molar-refractivity contribution is 0.447. The Bertz CT molecular complexity index is 471. The Kier molecular flexibility index (Phi) is 3.20. The van der Waals surface area contributed by atoms with E-state index in [0.29, 0.717) is 0 Å². The van der Waals surface area contributed by atoms with E-state index in [-0.39, 0.29) is 22.3 Å². The first-order chi connectivity index (χ1) is 7.57. The van der Waals surface area contributed by atoms with Gasteiger partial charge >= 0.3 is 5.69 Å². The van der Waals surface area contributed by atoms with Crippen LogP contribution in [0.1, 0.15) is 52.7 Å². The van der Waals surface area contributed by atoms with Crippen LogP contribution in [0, 0.1) is 5.39 Å².